The monoisotopic (exact) mass is 297 g/mol. The molecule has 3 atom stereocenters. The molecule has 0 radical (unpaired) electrons. The van der Waals surface area contributed by atoms with Crippen LogP contribution in [0.3, 0.4) is 0 Å². The molecule has 5 heteroatoms. The minimum Gasteiger partial charge on any atom is -0.472 e. The summed E-state index contributed by atoms with van der Waals surface area (Å²) in [4.78, 5) is 19.0. The van der Waals surface area contributed by atoms with E-state index >= 15 is 0 Å². The van der Waals surface area contributed by atoms with E-state index in [0.29, 0.717) is 11.8 Å². The van der Waals surface area contributed by atoms with Gasteiger partial charge in [0.1, 0.15) is 11.8 Å². The normalized spacial score (nSPS) is 26.4. The third-order valence-electron chi connectivity index (χ3n) is 4.83. The Morgan fingerprint density at radius 3 is 2.91 bits per heavy atom. The van der Waals surface area contributed by atoms with E-state index < -0.39 is 0 Å². The standard InChI is InChI=1S/C17H19N3O2/c1-19-10-4-5-14(19)17(21)20-11-12-7-8-13(20)16(12)22-15-6-2-3-9-18-15/h2-6,9-10,12-13,16H,7-8,11H2,1H3. The molecule has 3 heterocycles. The van der Waals surface area contributed by atoms with Gasteiger partial charge in [-0.15, -0.1) is 0 Å². The maximum absolute atomic E-state index is 12.8. The summed E-state index contributed by atoms with van der Waals surface area (Å²) in [5.74, 6) is 1.17. The number of carbonyl (C=O) groups excluding carboxylic acids is 1. The van der Waals surface area contributed by atoms with Crippen LogP contribution in [0.1, 0.15) is 23.3 Å². The summed E-state index contributed by atoms with van der Waals surface area (Å²) in [6.45, 7) is 0.784. The smallest absolute Gasteiger partial charge is 0.270 e. The zero-order chi connectivity index (χ0) is 15.1. The summed E-state index contributed by atoms with van der Waals surface area (Å²) in [5.41, 5.74) is 0.740. The van der Waals surface area contributed by atoms with Crippen molar-refractivity contribution in [2.45, 2.75) is 25.0 Å². The van der Waals surface area contributed by atoms with Crippen molar-refractivity contribution in [1.82, 2.24) is 14.5 Å². The number of fused-ring (bicyclic) bond motifs is 2. The van der Waals surface area contributed by atoms with Gasteiger partial charge < -0.3 is 14.2 Å². The minimum absolute atomic E-state index is 0.0686. The summed E-state index contributed by atoms with van der Waals surface area (Å²) < 4.78 is 7.96. The van der Waals surface area contributed by atoms with E-state index in [1.54, 1.807) is 6.20 Å². The number of aromatic nitrogens is 2. The molecule has 4 rings (SSSR count). The predicted octanol–water partition coefficient (Wildman–Crippen LogP) is 2.10. The maximum Gasteiger partial charge on any atom is 0.270 e. The van der Waals surface area contributed by atoms with Gasteiger partial charge in [-0.05, 0) is 31.0 Å². The Bertz CT molecular complexity index is 682. The predicted molar refractivity (Wildman–Crippen MR) is 81.6 cm³/mol. The fraction of sp³-hybridized carbons (Fsp3) is 0.412. The van der Waals surface area contributed by atoms with Crippen LogP contribution in [0, 0.1) is 5.92 Å². The highest BCUT2D eigenvalue weighted by atomic mass is 16.5. The van der Waals surface area contributed by atoms with Crippen LogP contribution >= 0.6 is 0 Å². The Balaban J connectivity index is 1.54. The summed E-state index contributed by atoms with van der Waals surface area (Å²) in [6, 6.07) is 9.62. The third-order valence-corrected chi connectivity index (χ3v) is 4.83. The highest BCUT2D eigenvalue weighted by molar-refractivity contribution is 5.93. The highest BCUT2D eigenvalue weighted by Crippen LogP contribution is 2.40. The quantitative estimate of drug-likeness (QED) is 0.871. The molecule has 114 valence electrons. The molecule has 3 unspecified atom stereocenters. The first-order valence-corrected chi connectivity index (χ1v) is 7.74. The molecule has 2 bridgehead atoms. The molecule has 2 aromatic heterocycles. The number of nitrogens with zero attached hydrogens (tertiary/aromatic N) is 3. The van der Waals surface area contributed by atoms with E-state index in [0.717, 1.165) is 25.1 Å². The van der Waals surface area contributed by atoms with Crippen molar-refractivity contribution in [3.05, 3.63) is 48.4 Å². The Kier molecular flexibility index (Phi) is 3.13. The molecule has 1 saturated carbocycles. The van der Waals surface area contributed by atoms with Gasteiger partial charge in [0.2, 0.25) is 5.88 Å². The summed E-state index contributed by atoms with van der Waals surface area (Å²) in [7, 11) is 1.91. The first-order chi connectivity index (χ1) is 10.7. The molecule has 2 aromatic rings. The molecule has 1 aliphatic heterocycles. The zero-order valence-electron chi connectivity index (χ0n) is 12.6. The van der Waals surface area contributed by atoms with Gasteiger partial charge in [0.05, 0.1) is 6.04 Å². The molecule has 22 heavy (non-hydrogen) atoms. The van der Waals surface area contributed by atoms with Gasteiger partial charge >= 0.3 is 0 Å². The van der Waals surface area contributed by atoms with Crippen molar-refractivity contribution in [2.24, 2.45) is 13.0 Å². The Morgan fingerprint density at radius 1 is 1.27 bits per heavy atom. The summed E-state index contributed by atoms with van der Waals surface area (Å²) in [6.07, 6.45) is 5.85. The first-order valence-electron chi connectivity index (χ1n) is 7.74. The second-order valence-corrected chi connectivity index (χ2v) is 6.12. The topological polar surface area (TPSA) is 47.4 Å². The number of amides is 1. The second kappa shape index (κ2) is 5.16. The average molecular weight is 297 g/mol. The lowest BCUT2D eigenvalue weighted by atomic mass is 10.1. The molecule has 1 amide bonds. The molecule has 0 spiro atoms. The Labute approximate surface area is 129 Å². The SMILES string of the molecule is Cn1cccc1C(=O)N1CC2CCC1C2Oc1ccccn1. The fourth-order valence-corrected chi connectivity index (χ4v) is 3.74. The molecule has 2 fully saturated rings. The lowest BCUT2D eigenvalue weighted by molar-refractivity contribution is 0.0655. The van der Waals surface area contributed by atoms with Crippen LogP contribution in [0.25, 0.3) is 0 Å². The number of likely N-dealkylation sites (tertiary alicyclic amines) is 1. The summed E-state index contributed by atoms with van der Waals surface area (Å²) >= 11 is 0. The first kappa shape index (κ1) is 13.4. The van der Waals surface area contributed by atoms with Crippen LogP contribution in [0.5, 0.6) is 5.88 Å². The summed E-state index contributed by atoms with van der Waals surface area (Å²) in [5, 5.41) is 0. The van der Waals surface area contributed by atoms with E-state index in [1.165, 1.54) is 0 Å². The van der Waals surface area contributed by atoms with Gasteiger partial charge in [0, 0.05) is 38.0 Å². The van der Waals surface area contributed by atoms with Crippen molar-refractivity contribution in [2.75, 3.05) is 6.54 Å². The molecular weight excluding hydrogens is 278 g/mol. The lowest BCUT2D eigenvalue weighted by Crippen LogP contribution is -2.41. The number of hydrogen-bond donors (Lipinski definition) is 0. The van der Waals surface area contributed by atoms with Gasteiger partial charge in [0.15, 0.2) is 0 Å². The number of carbonyl (C=O) groups is 1. The number of piperidine rings is 1. The second-order valence-electron chi connectivity index (χ2n) is 6.12. The number of pyridine rings is 1. The van der Waals surface area contributed by atoms with Gasteiger partial charge in [-0.25, -0.2) is 4.98 Å². The van der Waals surface area contributed by atoms with Crippen molar-refractivity contribution >= 4 is 5.91 Å². The molecule has 2 aliphatic rings. The zero-order valence-corrected chi connectivity index (χ0v) is 12.6. The fourth-order valence-electron chi connectivity index (χ4n) is 3.74. The van der Waals surface area contributed by atoms with Crippen molar-refractivity contribution in [3.8, 4) is 5.88 Å². The van der Waals surface area contributed by atoms with Crippen LogP contribution in [0.15, 0.2) is 42.7 Å². The van der Waals surface area contributed by atoms with Gasteiger partial charge in [-0.3, -0.25) is 4.79 Å². The maximum atomic E-state index is 12.8. The minimum atomic E-state index is 0.0686. The Morgan fingerprint density at radius 2 is 2.18 bits per heavy atom. The largest absolute Gasteiger partial charge is 0.472 e. The molecule has 0 N–H and O–H groups in total. The van der Waals surface area contributed by atoms with Crippen LogP contribution in [-0.2, 0) is 7.05 Å². The molecule has 5 nitrogen and oxygen atoms in total. The van der Waals surface area contributed by atoms with E-state index in [4.69, 9.17) is 4.74 Å². The third kappa shape index (κ3) is 2.08. The van der Waals surface area contributed by atoms with Gasteiger partial charge in [-0.1, -0.05) is 6.07 Å². The lowest BCUT2D eigenvalue weighted by Gasteiger charge is -2.27. The number of aryl methyl sites for hydroxylation is 1. The van der Waals surface area contributed by atoms with Crippen molar-refractivity contribution in [3.63, 3.8) is 0 Å². The highest BCUT2D eigenvalue weighted by Gasteiger charge is 2.50. The van der Waals surface area contributed by atoms with Crippen LogP contribution in [0.2, 0.25) is 0 Å². The molecule has 1 aliphatic carbocycles. The van der Waals surface area contributed by atoms with Crippen LogP contribution in [-0.4, -0.2) is 39.0 Å². The molecular formula is C17H19N3O2. The van der Waals surface area contributed by atoms with Gasteiger partial charge in [0.25, 0.3) is 5.91 Å². The molecule has 1 saturated heterocycles. The number of rotatable bonds is 3. The van der Waals surface area contributed by atoms with E-state index in [-0.39, 0.29) is 18.1 Å². The van der Waals surface area contributed by atoms with E-state index in [2.05, 4.69) is 4.98 Å². The van der Waals surface area contributed by atoms with Crippen molar-refractivity contribution in [1.29, 1.82) is 0 Å². The van der Waals surface area contributed by atoms with E-state index in [1.807, 2.05) is 53.0 Å². The molecule has 0 aromatic carbocycles. The van der Waals surface area contributed by atoms with Crippen LogP contribution in [0.4, 0.5) is 0 Å². The van der Waals surface area contributed by atoms with E-state index in [9.17, 15) is 4.79 Å². The number of hydrogen-bond acceptors (Lipinski definition) is 3. The average Bonchev–Trinajstić information content (AvgIpc) is 3.23. The van der Waals surface area contributed by atoms with Crippen LogP contribution < -0.4 is 4.74 Å². The Hall–Kier alpha value is -2.30. The van der Waals surface area contributed by atoms with Gasteiger partial charge in [-0.2, -0.15) is 0 Å². The number of ether oxygens (including phenoxy) is 1. The van der Waals surface area contributed by atoms with Crippen molar-refractivity contribution < 1.29 is 9.53 Å².